The van der Waals surface area contributed by atoms with E-state index in [1.165, 1.54) is 5.56 Å². The van der Waals surface area contributed by atoms with E-state index in [2.05, 4.69) is 70.3 Å². The summed E-state index contributed by atoms with van der Waals surface area (Å²) in [5.74, 6) is 1.93. The quantitative estimate of drug-likeness (QED) is 0.629. The standard InChI is InChI=1S/C21H30N6/c1-16(2)18-5-4-6-19(13-18)25-21(22)24-15-17-7-8-20(23-14-17)27-11-9-26(3)10-12-27/h4-8,13-14,16H,9-12,15H2,1-3H3,(H3,22,24,25). The van der Waals surface area contributed by atoms with Gasteiger partial charge in [0.05, 0.1) is 6.54 Å². The van der Waals surface area contributed by atoms with E-state index in [-0.39, 0.29) is 0 Å². The molecule has 0 unspecified atom stereocenters. The van der Waals surface area contributed by atoms with Crippen molar-refractivity contribution in [3.8, 4) is 0 Å². The molecule has 1 fully saturated rings. The summed E-state index contributed by atoms with van der Waals surface area (Å²) in [4.78, 5) is 13.7. The summed E-state index contributed by atoms with van der Waals surface area (Å²) in [7, 11) is 2.16. The van der Waals surface area contributed by atoms with Crippen LogP contribution < -0.4 is 16.0 Å². The molecule has 0 bridgehead atoms. The topological polar surface area (TPSA) is 69.8 Å². The highest BCUT2D eigenvalue weighted by Crippen LogP contribution is 2.18. The average molecular weight is 367 g/mol. The number of rotatable bonds is 5. The molecule has 0 aliphatic carbocycles. The molecule has 1 aromatic heterocycles. The molecule has 1 saturated heterocycles. The minimum absolute atomic E-state index is 0.416. The van der Waals surface area contributed by atoms with Crippen LogP contribution in [-0.2, 0) is 6.54 Å². The number of anilines is 2. The lowest BCUT2D eigenvalue weighted by molar-refractivity contribution is 0.312. The molecule has 0 atom stereocenters. The van der Waals surface area contributed by atoms with E-state index in [4.69, 9.17) is 5.73 Å². The summed E-state index contributed by atoms with van der Waals surface area (Å²) >= 11 is 0. The molecule has 2 heterocycles. The van der Waals surface area contributed by atoms with E-state index in [1.54, 1.807) is 0 Å². The Balaban J connectivity index is 1.56. The van der Waals surface area contributed by atoms with Crippen LogP contribution in [-0.4, -0.2) is 49.1 Å². The number of likely N-dealkylation sites (N-methyl/N-ethyl adjacent to an activating group) is 1. The second-order valence-electron chi connectivity index (χ2n) is 7.42. The van der Waals surface area contributed by atoms with Gasteiger partial charge in [0.2, 0.25) is 0 Å². The van der Waals surface area contributed by atoms with Gasteiger partial charge in [-0.3, -0.25) is 0 Å². The number of guanidine groups is 1. The summed E-state index contributed by atoms with van der Waals surface area (Å²) in [5, 5.41) is 3.17. The molecule has 0 saturated carbocycles. The third-order valence-corrected chi connectivity index (χ3v) is 4.89. The van der Waals surface area contributed by atoms with Gasteiger partial charge in [0.15, 0.2) is 5.96 Å². The zero-order valence-corrected chi connectivity index (χ0v) is 16.5. The highest BCUT2D eigenvalue weighted by atomic mass is 15.3. The van der Waals surface area contributed by atoms with E-state index in [0.717, 1.165) is 43.2 Å². The third kappa shape index (κ3) is 5.44. The number of nitrogens with two attached hydrogens (primary N) is 1. The van der Waals surface area contributed by atoms with Crippen LogP contribution in [0.1, 0.15) is 30.9 Å². The monoisotopic (exact) mass is 366 g/mol. The summed E-state index contributed by atoms with van der Waals surface area (Å²) in [6.07, 6.45) is 1.89. The summed E-state index contributed by atoms with van der Waals surface area (Å²) in [5.41, 5.74) is 9.33. The van der Waals surface area contributed by atoms with Crippen molar-refractivity contribution >= 4 is 17.5 Å². The Kier molecular flexibility index (Phi) is 6.29. The first-order chi connectivity index (χ1) is 13.0. The van der Waals surface area contributed by atoms with Crippen LogP contribution in [0.2, 0.25) is 0 Å². The molecule has 0 radical (unpaired) electrons. The first-order valence-electron chi connectivity index (χ1n) is 9.56. The lowest BCUT2D eigenvalue weighted by Crippen LogP contribution is -2.44. The number of nitrogens with zero attached hydrogens (tertiary/aromatic N) is 4. The Morgan fingerprint density at radius 3 is 2.63 bits per heavy atom. The molecule has 1 aliphatic rings. The number of pyridine rings is 1. The first-order valence-corrected chi connectivity index (χ1v) is 9.56. The highest BCUT2D eigenvalue weighted by molar-refractivity contribution is 5.92. The van der Waals surface area contributed by atoms with Crippen molar-refractivity contribution in [2.45, 2.75) is 26.3 Å². The molecule has 0 amide bonds. The van der Waals surface area contributed by atoms with Gasteiger partial charge in [-0.25, -0.2) is 9.98 Å². The van der Waals surface area contributed by atoms with Crippen LogP contribution in [0.5, 0.6) is 0 Å². The predicted molar refractivity (Wildman–Crippen MR) is 113 cm³/mol. The van der Waals surface area contributed by atoms with Crippen molar-refractivity contribution in [3.63, 3.8) is 0 Å². The molecular formula is C21H30N6. The number of hydrogen-bond donors (Lipinski definition) is 2. The number of benzene rings is 1. The third-order valence-electron chi connectivity index (χ3n) is 4.89. The van der Waals surface area contributed by atoms with Crippen LogP contribution in [0.15, 0.2) is 47.6 Å². The number of aliphatic imine (C=N–C) groups is 1. The summed E-state index contributed by atoms with van der Waals surface area (Å²) in [6.45, 7) is 9.06. The molecule has 2 aromatic rings. The van der Waals surface area contributed by atoms with Crippen LogP contribution in [0.4, 0.5) is 11.5 Å². The van der Waals surface area contributed by atoms with Gasteiger partial charge in [-0.15, -0.1) is 0 Å². The SMILES string of the molecule is CC(C)c1cccc(NC(N)=NCc2ccc(N3CCN(C)CC3)nc2)c1. The molecule has 0 spiro atoms. The van der Waals surface area contributed by atoms with Crippen molar-refractivity contribution in [1.29, 1.82) is 0 Å². The van der Waals surface area contributed by atoms with Crippen LogP contribution in [0.25, 0.3) is 0 Å². The second-order valence-corrected chi connectivity index (χ2v) is 7.42. The van der Waals surface area contributed by atoms with Crippen LogP contribution in [0, 0.1) is 0 Å². The van der Waals surface area contributed by atoms with Crippen LogP contribution in [0.3, 0.4) is 0 Å². The van der Waals surface area contributed by atoms with Gasteiger partial charge in [-0.2, -0.15) is 0 Å². The van der Waals surface area contributed by atoms with Gasteiger partial charge in [0.1, 0.15) is 5.82 Å². The number of aromatic nitrogens is 1. The normalized spacial score (nSPS) is 16.0. The van der Waals surface area contributed by atoms with E-state index < -0.39 is 0 Å². The predicted octanol–water partition coefficient (Wildman–Crippen LogP) is 2.88. The van der Waals surface area contributed by atoms with Gasteiger partial charge in [-0.05, 0) is 42.3 Å². The zero-order chi connectivity index (χ0) is 19.2. The Morgan fingerprint density at radius 1 is 1.19 bits per heavy atom. The first kappa shape index (κ1) is 19.2. The zero-order valence-electron chi connectivity index (χ0n) is 16.5. The maximum atomic E-state index is 6.05. The number of hydrogen-bond acceptors (Lipinski definition) is 4. The molecule has 6 nitrogen and oxygen atoms in total. The van der Waals surface area contributed by atoms with Gasteiger partial charge in [-0.1, -0.05) is 32.0 Å². The van der Waals surface area contributed by atoms with Gasteiger partial charge in [0, 0.05) is 38.1 Å². The van der Waals surface area contributed by atoms with E-state index in [0.29, 0.717) is 18.4 Å². The van der Waals surface area contributed by atoms with E-state index in [1.807, 2.05) is 18.3 Å². The van der Waals surface area contributed by atoms with E-state index in [9.17, 15) is 0 Å². The van der Waals surface area contributed by atoms with Crippen molar-refractivity contribution in [2.75, 3.05) is 43.4 Å². The van der Waals surface area contributed by atoms with Crippen molar-refractivity contribution < 1.29 is 0 Å². The summed E-state index contributed by atoms with van der Waals surface area (Å²) in [6, 6.07) is 12.4. The number of piperazine rings is 1. The largest absolute Gasteiger partial charge is 0.370 e. The Labute approximate surface area is 162 Å². The van der Waals surface area contributed by atoms with Gasteiger partial charge < -0.3 is 20.9 Å². The minimum Gasteiger partial charge on any atom is -0.370 e. The van der Waals surface area contributed by atoms with Crippen molar-refractivity contribution in [1.82, 2.24) is 9.88 Å². The molecule has 6 heteroatoms. The van der Waals surface area contributed by atoms with Crippen molar-refractivity contribution in [3.05, 3.63) is 53.7 Å². The smallest absolute Gasteiger partial charge is 0.193 e. The molecule has 27 heavy (non-hydrogen) atoms. The Bertz CT molecular complexity index is 760. The molecular weight excluding hydrogens is 336 g/mol. The van der Waals surface area contributed by atoms with E-state index >= 15 is 0 Å². The second kappa shape index (κ2) is 8.86. The molecule has 3 rings (SSSR count). The molecule has 3 N–H and O–H groups in total. The maximum absolute atomic E-state index is 6.05. The molecule has 144 valence electrons. The minimum atomic E-state index is 0.416. The fourth-order valence-corrected chi connectivity index (χ4v) is 3.07. The van der Waals surface area contributed by atoms with Crippen molar-refractivity contribution in [2.24, 2.45) is 10.7 Å². The fourth-order valence-electron chi connectivity index (χ4n) is 3.07. The lowest BCUT2D eigenvalue weighted by atomic mass is 10.0. The highest BCUT2D eigenvalue weighted by Gasteiger charge is 2.14. The van der Waals surface area contributed by atoms with Gasteiger partial charge in [0.25, 0.3) is 0 Å². The Hall–Kier alpha value is -2.60. The fraction of sp³-hybridized carbons (Fsp3) is 0.429. The maximum Gasteiger partial charge on any atom is 0.193 e. The number of nitrogens with one attached hydrogen (secondary N) is 1. The average Bonchev–Trinajstić information content (AvgIpc) is 2.68. The summed E-state index contributed by atoms with van der Waals surface area (Å²) < 4.78 is 0. The Morgan fingerprint density at radius 2 is 1.96 bits per heavy atom. The molecule has 1 aromatic carbocycles. The van der Waals surface area contributed by atoms with Crippen LogP contribution >= 0.6 is 0 Å². The lowest BCUT2D eigenvalue weighted by Gasteiger charge is -2.33. The molecule has 1 aliphatic heterocycles. The van der Waals surface area contributed by atoms with Gasteiger partial charge >= 0.3 is 0 Å².